The van der Waals surface area contributed by atoms with Gasteiger partial charge in [0.2, 0.25) is 0 Å². The van der Waals surface area contributed by atoms with Gasteiger partial charge in [0.25, 0.3) is 0 Å². The molecule has 0 radical (unpaired) electrons. The van der Waals surface area contributed by atoms with Crippen LogP contribution in [0.1, 0.15) is 34.1 Å². The van der Waals surface area contributed by atoms with Gasteiger partial charge in [-0.3, -0.25) is 0 Å². The highest BCUT2D eigenvalue weighted by molar-refractivity contribution is 7.11. The first-order valence-corrected chi connectivity index (χ1v) is 7.71. The molecule has 4 nitrogen and oxygen atoms in total. The molecule has 0 spiro atoms. The number of benzene rings is 1. The first-order chi connectivity index (χ1) is 9.96. The molecule has 0 fully saturated rings. The molecule has 114 valence electrons. The Morgan fingerprint density at radius 1 is 1.10 bits per heavy atom. The number of nitrogens with one attached hydrogen (secondary N) is 1. The molecule has 0 saturated heterocycles. The van der Waals surface area contributed by atoms with E-state index in [0.717, 1.165) is 33.5 Å². The maximum atomic E-state index is 5.37. The van der Waals surface area contributed by atoms with Crippen molar-refractivity contribution in [2.45, 2.75) is 33.7 Å². The number of thiazole rings is 1. The standard InChI is InChI=1S/C16H22N2O2S/c1-9-7-14(19-5)15(20-6)8-13(9)17-10(2)16-11(3)21-12(4)18-16/h7-8,10,17H,1-6H3. The highest BCUT2D eigenvalue weighted by Gasteiger charge is 2.15. The molecule has 5 heteroatoms. The summed E-state index contributed by atoms with van der Waals surface area (Å²) < 4.78 is 10.7. The summed E-state index contributed by atoms with van der Waals surface area (Å²) in [5.74, 6) is 1.47. The molecule has 0 bridgehead atoms. The Hall–Kier alpha value is -1.75. The van der Waals surface area contributed by atoms with Crippen LogP contribution in [-0.2, 0) is 0 Å². The van der Waals surface area contributed by atoms with Crippen LogP contribution in [0.15, 0.2) is 12.1 Å². The third kappa shape index (κ3) is 3.29. The molecule has 0 aliphatic heterocycles. The lowest BCUT2D eigenvalue weighted by Crippen LogP contribution is -2.09. The van der Waals surface area contributed by atoms with Crippen molar-refractivity contribution in [1.29, 1.82) is 0 Å². The molecule has 1 heterocycles. The first kappa shape index (κ1) is 15.6. The summed E-state index contributed by atoms with van der Waals surface area (Å²) in [6.07, 6.45) is 0. The van der Waals surface area contributed by atoms with E-state index in [0.29, 0.717) is 0 Å². The smallest absolute Gasteiger partial charge is 0.162 e. The van der Waals surface area contributed by atoms with Gasteiger partial charge in [-0.2, -0.15) is 0 Å². The van der Waals surface area contributed by atoms with Crippen LogP contribution in [0.4, 0.5) is 5.69 Å². The van der Waals surface area contributed by atoms with E-state index in [1.165, 1.54) is 4.88 Å². The summed E-state index contributed by atoms with van der Waals surface area (Å²) in [5.41, 5.74) is 3.25. The van der Waals surface area contributed by atoms with Crippen molar-refractivity contribution in [3.8, 4) is 11.5 Å². The zero-order valence-corrected chi connectivity index (χ0v) is 14.2. The molecule has 0 aliphatic carbocycles. The van der Waals surface area contributed by atoms with E-state index in [2.05, 4.69) is 31.1 Å². The van der Waals surface area contributed by atoms with Gasteiger partial charge in [-0.15, -0.1) is 11.3 Å². The predicted molar refractivity (Wildman–Crippen MR) is 87.9 cm³/mol. The minimum atomic E-state index is 0.145. The van der Waals surface area contributed by atoms with Crippen LogP contribution in [0.5, 0.6) is 11.5 Å². The number of aromatic nitrogens is 1. The Morgan fingerprint density at radius 3 is 2.24 bits per heavy atom. The number of rotatable bonds is 5. The second-order valence-electron chi connectivity index (χ2n) is 5.06. The van der Waals surface area contributed by atoms with E-state index in [1.807, 2.05) is 19.1 Å². The number of aryl methyl sites for hydroxylation is 3. The molecule has 1 aromatic carbocycles. The van der Waals surface area contributed by atoms with Gasteiger partial charge < -0.3 is 14.8 Å². The number of nitrogens with zero attached hydrogens (tertiary/aromatic N) is 1. The lowest BCUT2D eigenvalue weighted by atomic mass is 10.1. The molecule has 2 aromatic rings. The molecular weight excluding hydrogens is 284 g/mol. The van der Waals surface area contributed by atoms with Gasteiger partial charge in [-0.05, 0) is 39.3 Å². The first-order valence-electron chi connectivity index (χ1n) is 6.89. The van der Waals surface area contributed by atoms with E-state index < -0.39 is 0 Å². The minimum absolute atomic E-state index is 0.145. The Kier molecular flexibility index (Phi) is 4.73. The van der Waals surface area contributed by atoms with Gasteiger partial charge in [0.1, 0.15) is 0 Å². The summed E-state index contributed by atoms with van der Waals surface area (Å²) >= 11 is 1.73. The summed E-state index contributed by atoms with van der Waals surface area (Å²) in [7, 11) is 3.29. The number of anilines is 1. The fourth-order valence-corrected chi connectivity index (χ4v) is 3.30. The van der Waals surface area contributed by atoms with Crippen LogP contribution in [0.2, 0.25) is 0 Å². The molecular formula is C16H22N2O2S. The second kappa shape index (κ2) is 6.35. The summed E-state index contributed by atoms with van der Waals surface area (Å²) in [5, 5.41) is 4.61. The molecule has 0 saturated carbocycles. The largest absolute Gasteiger partial charge is 0.493 e. The van der Waals surface area contributed by atoms with Gasteiger partial charge in [-0.1, -0.05) is 0 Å². The molecule has 1 atom stereocenters. The zero-order chi connectivity index (χ0) is 15.6. The Labute approximate surface area is 130 Å². The van der Waals surface area contributed by atoms with Crippen LogP contribution in [0.25, 0.3) is 0 Å². The van der Waals surface area contributed by atoms with Crippen molar-refractivity contribution < 1.29 is 9.47 Å². The van der Waals surface area contributed by atoms with Crippen molar-refractivity contribution in [1.82, 2.24) is 4.98 Å². The van der Waals surface area contributed by atoms with Crippen molar-refractivity contribution in [2.24, 2.45) is 0 Å². The highest BCUT2D eigenvalue weighted by Crippen LogP contribution is 2.35. The van der Waals surface area contributed by atoms with Gasteiger partial charge in [-0.25, -0.2) is 4.98 Å². The fourth-order valence-electron chi connectivity index (χ4n) is 2.38. The average molecular weight is 306 g/mol. The lowest BCUT2D eigenvalue weighted by molar-refractivity contribution is 0.355. The number of ether oxygens (including phenoxy) is 2. The predicted octanol–water partition coefficient (Wildman–Crippen LogP) is 4.26. The Morgan fingerprint density at radius 2 is 1.71 bits per heavy atom. The maximum Gasteiger partial charge on any atom is 0.162 e. The Bertz CT molecular complexity index is 637. The highest BCUT2D eigenvalue weighted by atomic mass is 32.1. The van der Waals surface area contributed by atoms with Crippen LogP contribution < -0.4 is 14.8 Å². The van der Waals surface area contributed by atoms with Crippen molar-refractivity contribution in [3.63, 3.8) is 0 Å². The molecule has 1 N–H and O–H groups in total. The van der Waals surface area contributed by atoms with Gasteiger partial charge in [0.15, 0.2) is 11.5 Å². The van der Waals surface area contributed by atoms with Crippen LogP contribution >= 0.6 is 11.3 Å². The van der Waals surface area contributed by atoms with Crippen LogP contribution in [0, 0.1) is 20.8 Å². The maximum absolute atomic E-state index is 5.37. The Balaban J connectivity index is 2.28. The molecule has 0 aliphatic rings. The van der Waals surface area contributed by atoms with E-state index in [1.54, 1.807) is 25.6 Å². The third-order valence-electron chi connectivity index (χ3n) is 3.45. The second-order valence-corrected chi connectivity index (χ2v) is 6.47. The van der Waals surface area contributed by atoms with Crippen molar-refractivity contribution in [3.05, 3.63) is 33.3 Å². The topological polar surface area (TPSA) is 43.4 Å². The van der Waals surface area contributed by atoms with E-state index in [4.69, 9.17) is 9.47 Å². The van der Waals surface area contributed by atoms with E-state index in [-0.39, 0.29) is 6.04 Å². The van der Waals surface area contributed by atoms with Crippen molar-refractivity contribution >= 4 is 17.0 Å². The average Bonchev–Trinajstić information content (AvgIpc) is 2.79. The van der Waals surface area contributed by atoms with Crippen molar-refractivity contribution in [2.75, 3.05) is 19.5 Å². The SMILES string of the molecule is COc1cc(C)c(NC(C)c2nc(C)sc2C)cc1OC. The summed E-state index contributed by atoms with van der Waals surface area (Å²) in [4.78, 5) is 5.87. The summed E-state index contributed by atoms with van der Waals surface area (Å²) in [6.45, 7) is 8.32. The lowest BCUT2D eigenvalue weighted by Gasteiger charge is -2.18. The number of hydrogen-bond acceptors (Lipinski definition) is 5. The molecule has 21 heavy (non-hydrogen) atoms. The van der Waals surface area contributed by atoms with Crippen LogP contribution in [0.3, 0.4) is 0 Å². The van der Waals surface area contributed by atoms with Gasteiger partial charge in [0.05, 0.1) is 31.0 Å². The normalized spacial score (nSPS) is 12.1. The quantitative estimate of drug-likeness (QED) is 0.896. The van der Waals surface area contributed by atoms with Gasteiger partial charge >= 0.3 is 0 Å². The molecule has 0 amide bonds. The van der Waals surface area contributed by atoms with Gasteiger partial charge in [0, 0.05) is 16.6 Å². The number of hydrogen-bond donors (Lipinski definition) is 1. The molecule has 2 rings (SSSR count). The van der Waals surface area contributed by atoms with E-state index in [9.17, 15) is 0 Å². The molecule has 1 aromatic heterocycles. The minimum Gasteiger partial charge on any atom is -0.493 e. The fraction of sp³-hybridized carbons (Fsp3) is 0.438. The monoisotopic (exact) mass is 306 g/mol. The third-order valence-corrected chi connectivity index (χ3v) is 4.35. The summed E-state index contributed by atoms with van der Waals surface area (Å²) in [6, 6.07) is 4.10. The van der Waals surface area contributed by atoms with Crippen LogP contribution in [-0.4, -0.2) is 19.2 Å². The zero-order valence-electron chi connectivity index (χ0n) is 13.4. The van der Waals surface area contributed by atoms with E-state index >= 15 is 0 Å². The molecule has 1 unspecified atom stereocenters. The number of methoxy groups -OCH3 is 2.